The van der Waals surface area contributed by atoms with Crippen molar-refractivity contribution in [3.63, 3.8) is 0 Å². The van der Waals surface area contributed by atoms with Crippen molar-refractivity contribution in [2.75, 3.05) is 4.90 Å². The second-order valence-corrected chi connectivity index (χ2v) is 5.79. The topological polar surface area (TPSA) is 20.3 Å². The number of carbonyl (C=O) groups is 1. The van der Waals surface area contributed by atoms with Crippen LogP contribution in [0, 0.1) is 0 Å². The van der Waals surface area contributed by atoms with E-state index in [0.29, 0.717) is 0 Å². The minimum absolute atomic E-state index is 0.0495. The fourth-order valence-corrected chi connectivity index (χ4v) is 3.34. The van der Waals surface area contributed by atoms with Crippen molar-refractivity contribution in [2.45, 2.75) is 12.0 Å². The molecule has 2 nitrogen and oxygen atoms in total. The number of para-hydroxylation sites is 1. The summed E-state index contributed by atoms with van der Waals surface area (Å²) < 4.78 is 0. The minimum Gasteiger partial charge on any atom is -0.303 e. The molecule has 0 radical (unpaired) electrons. The van der Waals surface area contributed by atoms with Crippen molar-refractivity contribution in [3.05, 3.63) is 102 Å². The largest absolute Gasteiger partial charge is 0.303 e. The van der Waals surface area contributed by atoms with Crippen LogP contribution in [0.3, 0.4) is 0 Å². The third kappa shape index (κ3) is 2.33. The van der Waals surface area contributed by atoms with Crippen LogP contribution in [0.25, 0.3) is 0 Å². The molecule has 1 fully saturated rings. The first-order valence-electron chi connectivity index (χ1n) is 7.84. The standard InChI is InChI=1S/C21H17NO/c23-21-19(16-10-4-1-5-11-16)20(17-12-6-2-7-13-17)22(21)18-14-8-3-9-15-18/h1-15,19-20H/t19-,20-/m0/s1. The Morgan fingerprint density at radius 1 is 0.609 bits per heavy atom. The Hall–Kier alpha value is -2.87. The van der Waals surface area contributed by atoms with Gasteiger partial charge in [0.15, 0.2) is 0 Å². The fraction of sp³-hybridized carbons (Fsp3) is 0.0952. The van der Waals surface area contributed by atoms with Crippen LogP contribution < -0.4 is 4.90 Å². The lowest BCUT2D eigenvalue weighted by Crippen LogP contribution is -2.53. The highest BCUT2D eigenvalue weighted by Crippen LogP contribution is 2.48. The monoisotopic (exact) mass is 299 g/mol. The van der Waals surface area contributed by atoms with Gasteiger partial charge in [0.25, 0.3) is 0 Å². The quantitative estimate of drug-likeness (QED) is 0.649. The lowest BCUT2D eigenvalue weighted by molar-refractivity contribution is -0.126. The lowest BCUT2D eigenvalue weighted by atomic mass is 9.77. The second kappa shape index (κ2) is 5.73. The molecule has 1 aliphatic heterocycles. The molecule has 0 saturated carbocycles. The van der Waals surface area contributed by atoms with Gasteiger partial charge in [0.1, 0.15) is 0 Å². The number of carbonyl (C=O) groups excluding carboxylic acids is 1. The summed E-state index contributed by atoms with van der Waals surface area (Å²) in [5, 5.41) is 0. The highest BCUT2D eigenvalue weighted by Gasteiger charge is 2.49. The van der Waals surface area contributed by atoms with Crippen molar-refractivity contribution in [1.29, 1.82) is 0 Å². The highest BCUT2D eigenvalue weighted by molar-refractivity contribution is 6.06. The molecule has 0 aromatic heterocycles. The molecule has 3 aromatic carbocycles. The first kappa shape index (κ1) is 13.8. The lowest BCUT2D eigenvalue weighted by Gasteiger charge is -2.47. The predicted octanol–water partition coefficient (Wildman–Crippen LogP) is 4.56. The maximum atomic E-state index is 12.9. The molecular formula is C21H17NO. The van der Waals surface area contributed by atoms with Gasteiger partial charge in [-0.2, -0.15) is 0 Å². The number of anilines is 1. The first-order valence-corrected chi connectivity index (χ1v) is 7.84. The summed E-state index contributed by atoms with van der Waals surface area (Å²) >= 11 is 0. The van der Waals surface area contributed by atoms with Crippen LogP contribution in [0.4, 0.5) is 5.69 Å². The molecule has 2 heteroatoms. The molecule has 1 amide bonds. The zero-order chi connectivity index (χ0) is 15.6. The normalized spacial score (nSPS) is 20.2. The minimum atomic E-state index is -0.112. The third-order valence-corrected chi connectivity index (χ3v) is 4.43. The SMILES string of the molecule is O=C1[C@@H](c2ccccc2)[C@H](c2ccccc2)N1c1ccccc1. The number of benzene rings is 3. The van der Waals surface area contributed by atoms with Crippen LogP contribution in [0.1, 0.15) is 23.1 Å². The number of rotatable bonds is 3. The van der Waals surface area contributed by atoms with Gasteiger partial charge in [-0.25, -0.2) is 0 Å². The van der Waals surface area contributed by atoms with Gasteiger partial charge in [-0.05, 0) is 23.3 Å². The summed E-state index contributed by atoms with van der Waals surface area (Å²) in [5.74, 6) is 0.0510. The summed E-state index contributed by atoms with van der Waals surface area (Å²) in [6.07, 6.45) is 0. The Morgan fingerprint density at radius 3 is 1.65 bits per heavy atom. The average molecular weight is 299 g/mol. The van der Waals surface area contributed by atoms with E-state index in [2.05, 4.69) is 12.1 Å². The van der Waals surface area contributed by atoms with Gasteiger partial charge in [0.05, 0.1) is 12.0 Å². The van der Waals surface area contributed by atoms with Gasteiger partial charge in [-0.1, -0.05) is 78.9 Å². The van der Waals surface area contributed by atoms with Crippen LogP contribution in [-0.4, -0.2) is 5.91 Å². The number of hydrogen-bond acceptors (Lipinski definition) is 1. The van der Waals surface area contributed by atoms with E-state index in [1.807, 2.05) is 83.8 Å². The van der Waals surface area contributed by atoms with Crippen LogP contribution in [-0.2, 0) is 4.79 Å². The van der Waals surface area contributed by atoms with Crippen LogP contribution in [0.15, 0.2) is 91.0 Å². The molecule has 0 unspecified atom stereocenters. The van der Waals surface area contributed by atoms with E-state index >= 15 is 0 Å². The zero-order valence-corrected chi connectivity index (χ0v) is 12.7. The molecule has 0 bridgehead atoms. The molecule has 1 aliphatic rings. The van der Waals surface area contributed by atoms with Gasteiger partial charge in [0, 0.05) is 5.69 Å². The van der Waals surface area contributed by atoms with E-state index in [-0.39, 0.29) is 17.9 Å². The molecule has 0 aliphatic carbocycles. The molecule has 3 aromatic rings. The summed E-state index contributed by atoms with van der Waals surface area (Å²) in [6.45, 7) is 0. The van der Waals surface area contributed by atoms with Crippen LogP contribution in [0.2, 0.25) is 0 Å². The predicted molar refractivity (Wildman–Crippen MR) is 92.3 cm³/mol. The van der Waals surface area contributed by atoms with Crippen molar-refractivity contribution in [2.24, 2.45) is 0 Å². The van der Waals surface area contributed by atoms with Crippen molar-refractivity contribution in [3.8, 4) is 0 Å². The van der Waals surface area contributed by atoms with E-state index in [1.165, 1.54) is 5.56 Å². The molecule has 23 heavy (non-hydrogen) atoms. The molecule has 1 saturated heterocycles. The van der Waals surface area contributed by atoms with E-state index in [4.69, 9.17) is 0 Å². The van der Waals surface area contributed by atoms with E-state index in [9.17, 15) is 4.79 Å². The highest BCUT2D eigenvalue weighted by atomic mass is 16.2. The van der Waals surface area contributed by atoms with Crippen LogP contribution >= 0.6 is 0 Å². The summed E-state index contributed by atoms with van der Waals surface area (Å²) in [4.78, 5) is 14.8. The summed E-state index contributed by atoms with van der Waals surface area (Å²) in [6, 6.07) is 30.3. The van der Waals surface area contributed by atoms with Crippen molar-refractivity contribution >= 4 is 11.6 Å². The Labute approximate surface area is 136 Å². The van der Waals surface area contributed by atoms with Gasteiger partial charge in [0.2, 0.25) is 5.91 Å². The Morgan fingerprint density at radius 2 is 1.09 bits per heavy atom. The Balaban J connectivity index is 1.78. The second-order valence-electron chi connectivity index (χ2n) is 5.79. The van der Waals surface area contributed by atoms with Gasteiger partial charge < -0.3 is 4.90 Å². The smallest absolute Gasteiger partial charge is 0.237 e. The maximum absolute atomic E-state index is 12.9. The fourth-order valence-electron chi connectivity index (χ4n) is 3.34. The van der Waals surface area contributed by atoms with Gasteiger partial charge in [-0.15, -0.1) is 0 Å². The average Bonchev–Trinajstić information content (AvgIpc) is 2.62. The molecule has 0 N–H and O–H groups in total. The van der Waals surface area contributed by atoms with Crippen molar-refractivity contribution < 1.29 is 4.79 Å². The number of amides is 1. The number of β-lactam (4-membered cyclic amide) rings is 1. The maximum Gasteiger partial charge on any atom is 0.237 e. The zero-order valence-electron chi connectivity index (χ0n) is 12.7. The first-order chi connectivity index (χ1) is 11.4. The van der Waals surface area contributed by atoms with E-state index in [1.54, 1.807) is 0 Å². The molecule has 0 spiro atoms. The van der Waals surface area contributed by atoms with Crippen LogP contribution in [0.5, 0.6) is 0 Å². The molecule has 1 heterocycles. The number of nitrogens with zero attached hydrogens (tertiary/aromatic N) is 1. The third-order valence-electron chi connectivity index (χ3n) is 4.43. The molecule has 112 valence electrons. The van der Waals surface area contributed by atoms with E-state index in [0.717, 1.165) is 11.3 Å². The van der Waals surface area contributed by atoms with Crippen molar-refractivity contribution in [1.82, 2.24) is 0 Å². The Bertz CT molecular complexity index is 750. The molecule has 4 rings (SSSR count). The summed E-state index contributed by atoms with van der Waals surface area (Å²) in [7, 11) is 0. The van der Waals surface area contributed by atoms with Gasteiger partial charge in [-0.3, -0.25) is 4.79 Å². The molecular weight excluding hydrogens is 282 g/mol. The van der Waals surface area contributed by atoms with E-state index < -0.39 is 0 Å². The molecule has 2 atom stereocenters. The summed E-state index contributed by atoms with van der Waals surface area (Å²) in [5.41, 5.74) is 3.21. The number of hydrogen-bond donors (Lipinski definition) is 0. The van der Waals surface area contributed by atoms with Gasteiger partial charge >= 0.3 is 0 Å². The Kier molecular flexibility index (Phi) is 3.43.